The van der Waals surface area contributed by atoms with E-state index < -0.39 is 12.1 Å². The van der Waals surface area contributed by atoms with Crippen molar-refractivity contribution in [1.82, 2.24) is 5.32 Å². The molecule has 8 heteroatoms. The normalized spacial score (nSPS) is 11.0. The van der Waals surface area contributed by atoms with Gasteiger partial charge in [0.2, 0.25) is 5.91 Å². The lowest BCUT2D eigenvalue weighted by molar-refractivity contribution is -0.167. The SMILES string of the molecule is COCC(=O)NCc1ccc(NC(=O)C(F)(F)F)cc1. The molecule has 0 heterocycles. The van der Waals surface area contributed by atoms with Crippen LogP contribution in [0.5, 0.6) is 0 Å². The summed E-state index contributed by atoms with van der Waals surface area (Å²) in [5.74, 6) is -2.33. The van der Waals surface area contributed by atoms with E-state index >= 15 is 0 Å². The summed E-state index contributed by atoms with van der Waals surface area (Å²) in [5, 5.41) is 4.28. The third-order valence-electron chi connectivity index (χ3n) is 2.23. The first kappa shape index (κ1) is 16.0. The summed E-state index contributed by atoms with van der Waals surface area (Å²) in [4.78, 5) is 21.8. The number of rotatable bonds is 5. The third kappa shape index (κ3) is 5.27. The van der Waals surface area contributed by atoms with Crippen molar-refractivity contribution in [3.8, 4) is 0 Å². The van der Waals surface area contributed by atoms with Crippen molar-refractivity contribution < 1.29 is 27.5 Å². The van der Waals surface area contributed by atoms with Crippen molar-refractivity contribution >= 4 is 17.5 Å². The van der Waals surface area contributed by atoms with Crippen LogP contribution in [0.4, 0.5) is 18.9 Å². The van der Waals surface area contributed by atoms with Crippen LogP contribution < -0.4 is 10.6 Å². The van der Waals surface area contributed by atoms with Crippen molar-refractivity contribution in [3.05, 3.63) is 29.8 Å². The van der Waals surface area contributed by atoms with Crippen LogP contribution >= 0.6 is 0 Å². The molecule has 0 spiro atoms. The fourth-order valence-corrected chi connectivity index (χ4v) is 1.29. The van der Waals surface area contributed by atoms with Gasteiger partial charge in [0.1, 0.15) is 6.61 Å². The van der Waals surface area contributed by atoms with Crippen LogP contribution in [0.25, 0.3) is 0 Å². The number of halogens is 3. The highest BCUT2D eigenvalue weighted by atomic mass is 19.4. The standard InChI is InChI=1S/C12H13F3N2O3/c1-20-7-10(18)16-6-8-2-4-9(5-3-8)17-11(19)12(13,14)15/h2-5H,6-7H2,1H3,(H,16,18)(H,17,19). The number of methoxy groups -OCH3 is 1. The Hall–Kier alpha value is -2.09. The third-order valence-corrected chi connectivity index (χ3v) is 2.23. The fraction of sp³-hybridized carbons (Fsp3) is 0.333. The largest absolute Gasteiger partial charge is 0.471 e. The molecule has 0 aliphatic carbocycles. The van der Waals surface area contributed by atoms with Crippen LogP contribution in [0.1, 0.15) is 5.56 Å². The number of amides is 2. The summed E-state index contributed by atoms with van der Waals surface area (Å²) in [6.07, 6.45) is -4.92. The minimum atomic E-state index is -4.92. The Labute approximate surface area is 113 Å². The van der Waals surface area contributed by atoms with Gasteiger partial charge in [-0.25, -0.2) is 0 Å². The van der Waals surface area contributed by atoms with E-state index in [1.807, 2.05) is 0 Å². The van der Waals surface area contributed by atoms with E-state index in [1.54, 1.807) is 5.32 Å². The molecule has 0 atom stereocenters. The van der Waals surface area contributed by atoms with Crippen molar-refractivity contribution in [2.24, 2.45) is 0 Å². The predicted molar refractivity (Wildman–Crippen MR) is 64.8 cm³/mol. The molecule has 1 aromatic carbocycles. The van der Waals surface area contributed by atoms with Crippen LogP contribution in [-0.2, 0) is 20.9 Å². The number of anilines is 1. The summed E-state index contributed by atoms with van der Waals surface area (Å²) >= 11 is 0. The van der Waals surface area contributed by atoms with E-state index in [9.17, 15) is 22.8 Å². The number of hydrogen-bond acceptors (Lipinski definition) is 3. The highest BCUT2D eigenvalue weighted by molar-refractivity contribution is 5.94. The molecular weight excluding hydrogens is 277 g/mol. The average molecular weight is 290 g/mol. The number of alkyl halides is 3. The van der Waals surface area contributed by atoms with Crippen molar-refractivity contribution in [1.29, 1.82) is 0 Å². The lowest BCUT2D eigenvalue weighted by Crippen LogP contribution is -2.30. The van der Waals surface area contributed by atoms with Gasteiger partial charge in [-0.3, -0.25) is 9.59 Å². The minimum Gasteiger partial charge on any atom is -0.375 e. The van der Waals surface area contributed by atoms with E-state index in [2.05, 4.69) is 10.1 Å². The van der Waals surface area contributed by atoms with Gasteiger partial charge in [-0.2, -0.15) is 13.2 Å². The van der Waals surface area contributed by atoms with Gasteiger partial charge < -0.3 is 15.4 Å². The van der Waals surface area contributed by atoms with Crippen molar-refractivity contribution in [2.75, 3.05) is 19.0 Å². The summed E-state index contributed by atoms with van der Waals surface area (Å²) in [6, 6.07) is 5.64. The van der Waals surface area contributed by atoms with E-state index in [-0.39, 0.29) is 24.7 Å². The van der Waals surface area contributed by atoms with Gasteiger partial charge in [0.25, 0.3) is 0 Å². The molecule has 0 aliphatic heterocycles. The molecule has 0 saturated heterocycles. The Morgan fingerprint density at radius 2 is 1.80 bits per heavy atom. The Bertz CT molecular complexity index is 472. The fourth-order valence-electron chi connectivity index (χ4n) is 1.29. The van der Waals surface area contributed by atoms with Gasteiger partial charge >= 0.3 is 12.1 Å². The van der Waals surface area contributed by atoms with E-state index in [0.29, 0.717) is 5.56 Å². The monoisotopic (exact) mass is 290 g/mol. The van der Waals surface area contributed by atoms with Gasteiger partial charge in [0, 0.05) is 19.3 Å². The van der Waals surface area contributed by atoms with Crippen LogP contribution in [0, 0.1) is 0 Å². The summed E-state index contributed by atoms with van der Waals surface area (Å²) in [7, 11) is 1.39. The van der Waals surface area contributed by atoms with Gasteiger partial charge in [0.05, 0.1) is 0 Å². The molecule has 5 nitrogen and oxygen atoms in total. The molecule has 0 saturated carbocycles. The van der Waals surface area contributed by atoms with Gasteiger partial charge in [-0.05, 0) is 17.7 Å². The lowest BCUT2D eigenvalue weighted by Gasteiger charge is -2.09. The molecule has 0 radical (unpaired) electrons. The molecule has 0 aliphatic rings. The Balaban J connectivity index is 2.52. The van der Waals surface area contributed by atoms with Crippen LogP contribution in [0.2, 0.25) is 0 Å². The molecule has 0 fully saturated rings. The molecule has 0 bridgehead atoms. The minimum absolute atomic E-state index is 0.0271. The molecule has 20 heavy (non-hydrogen) atoms. The van der Waals surface area contributed by atoms with Crippen molar-refractivity contribution in [2.45, 2.75) is 12.7 Å². The second kappa shape index (κ2) is 6.90. The zero-order valence-corrected chi connectivity index (χ0v) is 10.6. The van der Waals surface area contributed by atoms with Gasteiger partial charge in [-0.1, -0.05) is 12.1 Å². The number of carbonyl (C=O) groups excluding carboxylic acids is 2. The van der Waals surface area contributed by atoms with Gasteiger partial charge in [0.15, 0.2) is 0 Å². The van der Waals surface area contributed by atoms with E-state index in [0.717, 1.165) is 0 Å². The first-order valence-corrected chi connectivity index (χ1v) is 5.55. The maximum atomic E-state index is 12.0. The lowest BCUT2D eigenvalue weighted by atomic mass is 10.2. The molecule has 1 rings (SSSR count). The molecule has 2 amide bonds. The second-order valence-corrected chi connectivity index (χ2v) is 3.86. The number of nitrogens with one attached hydrogen (secondary N) is 2. The van der Waals surface area contributed by atoms with Crippen LogP contribution in [-0.4, -0.2) is 31.7 Å². The smallest absolute Gasteiger partial charge is 0.375 e. The molecule has 0 aromatic heterocycles. The second-order valence-electron chi connectivity index (χ2n) is 3.86. The molecule has 1 aromatic rings. The zero-order valence-electron chi connectivity index (χ0n) is 10.6. The molecular formula is C12H13F3N2O3. The first-order chi connectivity index (χ1) is 9.32. The Morgan fingerprint density at radius 3 is 2.30 bits per heavy atom. The number of hydrogen-bond donors (Lipinski definition) is 2. The molecule has 0 unspecified atom stereocenters. The number of carbonyl (C=O) groups is 2. The predicted octanol–water partition coefficient (Wildman–Crippen LogP) is 1.45. The summed E-state index contributed by atoms with van der Waals surface area (Å²) in [5.41, 5.74) is 0.707. The Kier molecular flexibility index (Phi) is 5.51. The number of benzene rings is 1. The van der Waals surface area contributed by atoms with E-state index in [4.69, 9.17) is 0 Å². The Morgan fingerprint density at radius 1 is 1.20 bits per heavy atom. The maximum absolute atomic E-state index is 12.0. The summed E-state index contributed by atoms with van der Waals surface area (Å²) < 4.78 is 40.7. The first-order valence-electron chi connectivity index (χ1n) is 5.55. The summed E-state index contributed by atoms with van der Waals surface area (Å²) in [6.45, 7) is 0.148. The topological polar surface area (TPSA) is 67.4 Å². The highest BCUT2D eigenvalue weighted by Crippen LogP contribution is 2.18. The molecule has 2 N–H and O–H groups in total. The molecule has 110 valence electrons. The van der Waals surface area contributed by atoms with Crippen LogP contribution in [0.15, 0.2) is 24.3 Å². The maximum Gasteiger partial charge on any atom is 0.471 e. The quantitative estimate of drug-likeness (QED) is 0.862. The van der Waals surface area contributed by atoms with Gasteiger partial charge in [-0.15, -0.1) is 0 Å². The average Bonchev–Trinajstić information content (AvgIpc) is 2.37. The highest BCUT2D eigenvalue weighted by Gasteiger charge is 2.38. The van der Waals surface area contributed by atoms with Crippen LogP contribution in [0.3, 0.4) is 0 Å². The van der Waals surface area contributed by atoms with Crippen molar-refractivity contribution in [3.63, 3.8) is 0 Å². The zero-order chi connectivity index (χ0) is 15.2. The van der Waals surface area contributed by atoms with E-state index in [1.165, 1.54) is 31.4 Å². The number of ether oxygens (including phenoxy) is 1.